The van der Waals surface area contributed by atoms with Gasteiger partial charge in [-0.1, -0.05) is 25.7 Å². The van der Waals surface area contributed by atoms with E-state index in [1.165, 1.54) is 43.3 Å². The number of alkyl halides is 3. The first kappa shape index (κ1) is 25.6. The zero-order chi connectivity index (χ0) is 25.5. The topological polar surface area (TPSA) is 102 Å². The van der Waals surface area contributed by atoms with Gasteiger partial charge in [0.25, 0.3) is 5.91 Å². The van der Waals surface area contributed by atoms with Crippen LogP contribution in [0.5, 0.6) is 5.75 Å². The molecule has 0 atom stereocenters. The molecule has 4 rings (SSSR count). The van der Waals surface area contributed by atoms with Crippen LogP contribution in [0.15, 0.2) is 36.5 Å². The van der Waals surface area contributed by atoms with Crippen molar-refractivity contribution < 1.29 is 27.4 Å². The van der Waals surface area contributed by atoms with E-state index in [0.717, 1.165) is 25.3 Å². The molecular formula is C25H28F3N5O3. The molecule has 0 aliphatic heterocycles. The fourth-order valence-electron chi connectivity index (χ4n) is 4.28. The van der Waals surface area contributed by atoms with Gasteiger partial charge in [0.15, 0.2) is 0 Å². The number of aromatic amines is 1. The van der Waals surface area contributed by atoms with Crippen LogP contribution in [0.3, 0.4) is 0 Å². The number of hydrogen-bond acceptors (Lipinski definition) is 6. The molecule has 0 spiro atoms. The minimum atomic E-state index is -4.58. The number of anilines is 1. The number of H-pyrrole nitrogens is 1. The Morgan fingerprint density at radius 2 is 1.94 bits per heavy atom. The zero-order valence-electron chi connectivity index (χ0n) is 19.9. The third-order valence-electron chi connectivity index (χ3n) is 6.01. The van der Waals surface area contributed by atoms with E-state index in [9.17, 15) is 18.0 Å². The van der Waals surface area contributed by atoms with E-state index in [-0.39, 0.29) is 35.1 Å². The Balaban J connectivity index is 1.51. The van der Waals surface area contributed by atoms with Crippen LogP contribution in [0.2, 0.25) is 0 Å². The number of nitrogens with one attached hydrogen (secondary N) is 2. The largest absolute Gasteiger partial charge is 0.491 e. The van der Waals surface area contributed by atoms with E-state index in [2.05, 4.69) is 25.5 Å². The van der Waals surface area contributed by atoms with Crippen LogP contribution in [0.25, 0.3) is 11.1 Å². The number of nitrogens with zero attached hydrogens (tertiary/aromatic N) is 3. The first-order valence-corrected chi connectivity index (χ1v) is 11.9. The number of carbonyl (C=O) groups is 1. The zero-order valence-corrected chi connectivity index (χ0v) is 19.9. The molecule has 11 heteroatoms. The predicted octanol–water partition coefficient (Wildman–Crippen LogP) is 5.29. The Morgan fingerprint density at radius 3 is 2.69 bits per heavy atom. The lowest BCUT2D eigenvalue weighted by Gasteiger charge is -2.16. The second kappa shape index (κ2) is 11.5. The van der Waals surface area contributed by atoms with Crippen LogP contribution < -0.4 is 10.1 Å². The minimum Gasteiger partial charge on any atom is -0.491 e. The summed E-state index contributed by atoms with van der Waals surface area (Å²) in [6.45, 7) is 2.88. The molecule has 1 aliphatic carbocycles. The summed E-state index contributed by atoms with van der Waals surface area (Å²) < 4.78 is 51.9. The Kier molecular flexibility index (Phi) is 8.19. The molecule has 2 heterocycles. The molecule has 2 N–H and O–H groups in total. The smallest absolute Gasteiger partial charge is 0.417 e. The van der Waals surface area contributed by atoms with Crippen LogP contribution in [0.4, 0.5) is 19.0 Å². The molecule has 36 heavy (non-hydrogen) atoms. The fraction of sp³-hybridized carbons (Fsp3) is 0.440. The lowest BCUT2D eigenvalue weighted by Crippen LogP contribution is -2.15. The molecule has 0 saturated heterocycles. The van der Waals surface area contributed by atoms with E-state index >= 15 is 0 Å². The normalized spacial score (nSPS) is 14.2. The molecule has 0 radical (unpaired) electrons. The lowest BCUT2D eigenvalue weighted by molar-refractivity contribution is -0.137. The number of rotatable bonds is 10. The number of carbonyl (C=O) groups excluding carboxylic acids is 1. The molecule has 0 unspecified atom stereocenters. The number of aromatic nitrogens is 4. The summed E-state index contributed by atoms with van der Waals surface area (Å²) in [5.41, 5.74) is -0.690. The number of ether oxygens (including phenoxy) is 2. The van der Waals surface area contributed by atoms with Crippen molar-refractivity contribution in [3.8, 4) is 16.9 Å². The van der Waals surface area contributed by atoms with Gasteiger partial charge in [0.05, 0.1) is 12.2 Å². The van der Waals surface area contributed by atoms with Gasteiger partial charge in [0.2, 0.25) is 5.82 Å². The quantitative estimate of drug-likeness (QED) is 0.365. The maximum atomic E-state index is 13.7. The molecule has 1 aliphatic rings. The number of amides is 1. The Hall–Kier alpha value is -3.47. The third kappa shape index (κ3) is 6.60. The van der Waals surface area contributed by atoms with Crippen LogP contribution in [-0.2, 0) is 17.3 Å². The predicted molar refractivity (Wildman–Crippen MR) is 127 cm³/mol. The monoisotopic (exact) mass is 503 g/mol. The minimum absolute atomic E-state index is 0.0240. The SMILES string of the molecule is CCOCCOc1ccc(C(F)(F)F)c(-c2ccnc(NC(=O)c3nnc(CC4CCCC4)[nH]3)c2)c1. The molecule has 1 amide bonds. The van der Waals surface area contributed by atoms with E-state index < -0.39 is 17.6 Å². The highest BCUT2D eigenvalue weighted by Gasteiger charge is 2.34. The van der Waals surface area contributed by atoms with Gasteiger partial charge in [-0.15, -0.1) is 10.2 Å². The maximum Gasteiger partial charge on any atom is 0.417 e. The summed E-state index contributed by atoms with van der Waals surface area (Å²) in [6, 6.07) is 6.39. The summed E-state index contributed by atoms with van der Waals surface area (Å²) in [4.78, 5) is 19.7. The number of hydrogen-bond donors (Lipinski definition) is 2. The second-order valence-corrected chi connectivity index (χ2v) is 8.61. The number of benzene rings is 1. The van der Waals surface area contributed by atoms with Gasteiger partial charge >= 0.3 is 6.18 Å². The molecule has 1 saturated carbocycles. The van der Waals surface area contributed by atoms with Gasteiger partial charge in [-0.2, -0.15) is 13.2 Å². The molecule has 0 bridgehead atoms. The average Bonchev–Trinajstić information content (AvgIpc) is 3.54. The highest BCUT2D eigenvalue weighted by Crippen LogP contribution is 2.39. The van der Waals surface area contributed by atoms with Gasteiger partial charge in [-0.3, -0.25) is 4.79 Å². The summed E-state index contributed by atoms with van der Waals surface area (Å²) in [7, 11) is 0. The van der Waals surface area contributed by atoms with Gasteiger partial charge in [-0.25, -0.2) is 4.98 Å². The maximum absolute atomic E-state index is 13.7. The first-order valence-electron chi connectivity index (χ1n) is 11.9. The van der Waals surface area contributed by atoms with E-state index in [4.69, 9.17) is 9.47 Å². The van der Waals surface area contributed by atoms with Crippen molar-refractivity contribution in [2.24, 2.45) is 5.92 Å². The summed E-state index contributed by atoms with van der Waals surface area (Å²) in [6.07, 6.45) is 2.16. The van der Waals surface area contributed by atoms with Crippen molar-refractivity contribution in [1.29, 1.82) is 0 Å². The van der Waals surface area contributed by atoms with Crippen LogP contribution in [0.1, 0.15) is 54.6 Å². The first-order chi connectivity index (χ1) is 17.3. The lowest BCUT2D eigenvalue weighted by atomic mass is 9.99. The molecule has 1 aromatic carbocycles. The third-order valence-corrected chi connectivity index (χ3v) is 6.01. The van der Waals surface area contributed by atoms with Crippen molar-refractivity contribution in [3.05, 3.63) is 53.7 Å². The summed E-state index contributed by atoms with van der Waals surface area (Å²) >= 11 is 0. The fourth-order valence-corrected chi connectivity index (χ4v) is 4.28. The Morgan fingerprint density at radius 1 is 1.14 bits per heavy atom. The van der Waals surface area contributed by atoms with Crippen molar-refractivity contribution in [3.63, 3.8) is 0 Å². The number of halogens is 3. The van der Waals surface area contributed by atoms with E-state index in [1.807, 2.05) is 6.92 Å². The van der Waals surface area contributed by atoms with E-state index in [0.29, 0.717) is 25.0 Å². The van der Waals surface area contributed by atoms with Gasteiger partial charge in [0.1, 0.15) is 24.0 Å². The highest BCUT2D eigenvalue weighted by molar-refractivity contribution is 6.01. The molecular weight excluding hydrogens is 475 g/mol. The Labute approximate surface area is 206 Å². The van der Waals surface area contributed by atoms with Gasteiger partial charge in [-0.05, 0) is 54.3 Å². The average molecular weight is 504 g/mol. The van der Waals surface area contributed by atoms with E-state index in [1.54, 1.807) is 0 Å². The highest BCUT2D eigenvalue weighted by atomic mass is 19.4. The van der Waals surface area contributed by atoms with Gasteiger partial charge < -0.3 is 19.8 Å². The van der Waals surface area contributed by atoms with Crippen molar-refractivity contribution >= 4 is 11.7 Å². The van der Waals surface area contributed by atoms with Crippen LogP contribution >= 0.6 is 0 Å². The van der Waals surface area contributed by atoms with Crippen LogP contribution in [0, 0.1) is 5.92 Å². The van der Waals surface area contributed by atoms with Crippen molar-refractivity contribution in [2.45, 2.75) is 45.2 Å². The second-order valence-electron chi connectivity index (χ2n) is 8.61. The molecule has 3 aromatic rings. The van der Waals surface area contributed by atoms with Crippen molar-refractivity contribution in [2.75, 3.05) is 25.1 Å². The molecule has 192 valence electrons. The summed E-state index contributed by atoms with van der Waals surface area (Å²) in [5, 5.41) is 10.6. The molecule has 8 nitrogen and oxygen atoms in total. The van der Waals surface area contributed by atoms with Crippen molar-refractivity contribution in [1.82, 2.24) is 20.2 Å². The molecule has 2 aromatic heterocycles. The molecule has 1 fully saturated rings. The Bertz CT molecular complexity index is 1180. The van der Waals surface area contributed by atoms with Crippen LogP contribution in [-0.4, -0.2) is 45.9 Å². The number of pyridine rings is 1. The standard InChI is InChI=1S/C25H28F3N5O3/c1-2-35-11-12-36-18-7-8-20(25(26,27)28)19(15-18)17-9-10-29-21(14-17)31-24(34)23-30-22(32-33-23)13-16-5-3-4-6-16/h7-10,14-16H,2-6,11-13H2,1H3,(H,29,31,34)(H,30,32,33). The summed E-state index contributed by atoms with van der Waals surface area (Å²) in [5.74, 6) is 0.988. The van der Waals surface area contributed by atoms with Gasteiger partial charge in [0, 0.05) is 19.2 Å².